The molecule has 0 aliphatic heterocycles. The van der Waals surface area contributed by atoms with Crippen LogP contribution in [0.15, 0.2) is 17.5 Å². The zero-order valence-corrected chi connectivity index (χ0v) is 4.40. The molecule has 0 radical (unpaired) electrons. The Morgan fingerprint density at radius 2 is 2.38 bits per heavy atom. The maximum atomic E-state index is 8.19. The molecule has 0 saturated heterocycles. The van der Waals surface area contributed by atoms with E-state index in [1.807, 2.05) is 17.5 Å². The minimum absolute atomic E-state index is 0. The Morgan fingerprint density at radius 3 is 2.62 bits per heavy atom. The molecule has 0 atom stereocenters. The molecule has 0 spiro atoms. The summed E-state index contributed by atoms with van der Waals surface area (Å²) < 4.78 is 0. The Labute approximate surface area is 64.1 Å². The monoisotopic (exact) mass is 117 g/mol. The maximum absolute atomic E-state index is 8.19. The molecule has 0 saturated carbocycles. The van der Waals surface area contributed by atoms with E-state index in [-0.39, 0.29) is 18.9 Å². The Bertz CT molecular complexity index is 175. The molecular formula is C5H4LiNS. The quantitative estimate of drug-likeness (QED) is 0.464. The fourth-order valence-electron chi connectivity index (χ4n) is 0.342. The number of hydrogen-bond acceptors (Lipinski definition) is 2. The first-order valence-corrected chi connectivity index (χ1v) is 2.75. The Morgan fingerprint density at radius 1 is 1.62 bits per heavy atom. The number of nitrogens with zero attached hydrogens (tertiary/aromatic N) is 1. The van der Waals surface area contributed by atoms with E-state index >= 15 is 0 Å². The van der Waals surface area contributed by atoms with Crippen LogP contribution in [-0.2, 0) is 0 Å². The molecule has 0 unspecified atom stereocenters. The number of rotatable bonds is 0. The van der Waals surface area contributed by atoms with Crippen LogP contribution in [0.25, 0.3) is 0 Å². The summed E-state index contributed by atoms with van der Waals surface area (Å²) in [5.74, 6) is 0. The summed E-state index contributed by atoms with van der Waals surface area (Å²) in [7, 11) is 0. The van der Waals surface area contributed by atoms with Gasteiger partial charge >= 0.3 is 18.9 Å². The van der Waals surface area contributed by atoms with Gasteiger partial charge in [-0.2, -0.15) is 5.26 Å². The van der Waals surface area contributed by atoms with Crippen LogP contribution < -0.4 is 0 Å². The molecule has 1 aromatic heterocycles. The topological polar surface area (TPSA) is 23.8 Å². The second kappa shape index (κ2) is 3.75. The number of thiophene rings is 1. The molecule has 0 N–H and O–H groups in total. The van der Waals surface area contributed by atoms with Gasteiger partial charge in [-0.1, -0.05) is 6.07 Å². The third-order valence-electron chi connectivity index (χ3n) is 0.631. The molecule has 1 nitrogen and oxygen atoms in total. The van der Waals surface area contributed by atoms with Gasteiger partial charge in [0.1, 0.15) is 10.9 Å². The van der Waals surface area contributed by atoms with E-state index in [9.17, 15) is 0 Å². The predicted molar refractivity (Wildman–Crippen MR) is 36.2 cm³/mol. The van der Waals surface area contributed by atoms with Crippen molar-refractivity contribution in [1.29, 1.82) is 5.26 Å². The second-order valence-electron chi connectivity index (χ2n) is 1.09. The van der Waals surface area contributed by atoms with E-state index in [0.717, 1.165) is 4.88 Å². The van der Waals surface area contributed by atoms with Crippen molar-refractivity contribution in [1.82, 2.24) is 0 Å². The molecular weight excluding hydrogens is 113 g/mol. The van der Waals surface area contributed by atoms with E-state index < -0.39 is 0 Å². The van der Waals surface area contributed by atoms with Gasteiger partial charge in [-0.25, -0.2) is 0 Å². The molecule has 0 amide bonds. The van der Waals surface area contributed by atoms with Crippen LogP contribution in [0.3, 0.4) is 0 Å². The van der Waals surface area contributed by atoms with Gasteiger partial charge in [-0.15, -0.1) is 11.3 Å². The molecule has 1 heterocycles. The van der Waals surface area contributed by atoms with Crippen molar-refractivity contribution in [2.75, 3.05) is 0 Å². The van der Waals surface area contributed by atoms with E-state index in [0.29, 0.717) is 0 Å². The van der Waals surface area contributed by atoms with Crippen molar-refractivity contribution in [3.8, 4) is 6.07 Å². The summed E-state index contributed by atoms with van der Waals surface area (Å²) >= 11 is 1.46. The average molecular weight is 117 g/mol. The van der Waals surface area contributed by atoms with Crippen molar-refractivity contribution >= 4 is 30.2 Å². The molecule has 0 aliphatic rings. The SMILES string of the molecule is N#Cc1cccs1.[LiH]. The summed E-state index contributed by atoms with van der Waals surface area (Å²) in [5.41, 5.74) is 0. The molecule has 0 bridgehead atoms. The zero-order chi connectivity index (χ0) is 5.11. The van der Waals surface area contributed by atoms with Gasteiger partial charge in [0.15, 0.2) is 0 Å². The number of hydrogen-bond donors (Lipinski definition) is 0. The summed E-state index contributed by atoms with van der Waals surface area (Å²) in [6.07, 6.45) is 0. The molecule has 0 aromatic carbocycles. The molecule has 1 rings (SSSR count). The van der Waals surface area contributed by atoms with Crippen molar-refractivity contribution in [3.63, 3.8) is 0 Å². The first-order valence-electron chi connectivity index (χ1n) is 1.87. The van der Waals surface area contributed by atoms with Crippen LogP contribution in [-0.4, -0.2) is 18.9 Å². The van der Waals surface area contributed by atoms with Crippen LogP contribution >= 0.6 is 11.3 Å². The van der Waals surface area contributed by atoms with Gasteiger partial charge in [0.05, 0.1) is 0 Å². The van der Waals surface area contributed by atoms with Crippen molar-refractivity contribution in [3.05, 3.63) is 22.4 Å². The number of nitriles is 1. The van der Waals surface area contributed by atoms with Gasteiger partial charge < -0.3 is 0 Å². The van der Waals surface area contributed by atoms with Crippen molar-refractivity contribution in [2.24, 2.45) is 0 Å². The molecule has 8 heavy (non-hydrogen) atoms. The summed E-state index contributed by atoms with van der Waals surface area (Å²) in [6, 6.07) is 5.69. The van der Waals surface area contributed by atoms with Gasteiger partial charge in [-0.05, 0) is 11.4 Å². The van der Waals surface area contributed by atoms with E-state index in [4.69, 9.17) is 5.26 Å². The van der Waals surface area contributed by atoms with Gasteiger partial charge in [0.25, 0.3) is 0 Å². The van der Waals surface area contributed by atoms with Crippen molar-refractivity contribution in [2.45, 2.75) is 0 Å². The van der Waals surface area contributed by atoms with Gasteiger partial charge in [0, 0.05) is 0 Å². The Hall–Kier alpha value is -0.213. The summed E-state index contributed by atoms with van der Waals surface area (Å²) in [4.78, 5) is 0.778. The fraction of sp³-hybridized carbons (Fsp3) is 0. The van der Waals surface area contributed by atoms with E-state index in [1.54, 1.807) is 6.07 Å². The molecule has 36 valence electrons. The van der Waals surface area contributed by atoms with Crippen LogP contribution in [0.4, 0.5) is 0 Å². The first-order chi connectivity index (χ1) is 3.43. The van der Waals surface area contributed by atoms with Gasteiger partial charge in [-0.3, -0.25) is 0 Å². The van der Waals surface area contributed by atoms with Crippen LogP contribution in [0.5, 0.6) is 0 Å². The van der Waals surface area contributed by atoms with Crippen molar-refractivity contribution < 1.29 is 0 Å². The van der Waals surface area contributed by atoms with E-state index in [2.05, 4.69) is 0 Å². The average Bonchev–Trinajstić information content (AvgIpc) is 2.14. The standard InChI is InChI=1S/C5H3NS.Li.H/c6-4-5-2-1-3-7-5;;/h1-3H;;. The third-order valence-corrected chi connectivity index (χ3v) is 1.41. The third kappa shape index (κ3) is 1.72. The van der Waals surface area contributed by atoms with Crippen LogP contribution in [0.1, 0.15) is 4.88 Å². The molecule has 1 aromatic rings. The van der Waals surface area contributed by atoms with Crippen LogP contribution in [0.2, 0.25) is 0 Å². The van der Waals surface area contributed by atoms with Crippen LogP contribution in [0, 0.1) is 11.3 Å². The Kier molecular flexibility index (Phi) is 3.65. The minimum atomic E-state index is 0. The fourth-order valence-corrected chi connectivity index (χ4v) is 0.856. The molecule has 3 heteroatoms. The predicted octanol–water partition coefficient (Wildman–Crippen LogP) is 0.971. The zero-order valence-electron chi connectivity index (χ0n) is 3.59. The van der Waals surface area contributed by atoms with Gasteiger partial charge in [0.2, 0.25) is 0 Å². The first kappa shape index (κ1) is 7.79. The normalized spacial score (nSPS) is 6.88. The summed E-state index contributed by atoms with van der Waals surface area (Å²) in [5, 5.41) is 10.1. The Balaban J connectivity index is 0.000000490. The summed E-state index contributed by atoms with van der Waals surface area (Å²) in [6.45, 7) is 0. The molecule has 0 aliphatic carbocycles. The second-order valence-corrected chi connectivity index (χ2v) is 2.04. The van der Waals surface area contributed by atoms with E-state index in [1.165, 1.54) is 11.3 Å². The molecule has 0 fully saturated rings.